The number of nitrogens with zero attached hydrogens (tertiary/aromatic N) is 2. The summed E-state index contributed by atoms with van der Waals surface area (Å²) < 4.78 is 26.8. The Morgan fingerprint density at radius 1 is 1.19 bits per heavy atom. The summed E-state index contributed by atoms with van der Waals surface area (Å²) in [5.41, 5.74) is 2.16. The monoisotopic (exact) mass is 298 g/mol. The van der Waals surface area contributed by atoms with Gasteiger partial charge in [-0.05, 0) is 31.2 Å². The van der Waals surface area contributed by atoms with E-state index in [-0.39, 0.29) is 4.90 Å². The van der Waals surface area contributed by atoms with Crippen LogP contribution in [0.15, 0.2) is 60.3 Å². The average Bonchev–Trinajstić information content (AvgIpc) is 2.87. The Labute approximate surface area is 123 Å². The molecule has 0 N–H and O–H groups in total. The topological polar surface area (TPSA) is 52.0 Å². The summed E-state index contributed by atoms with van der Waals surface area (Å²) in [5.74, 6) is 0. The van der Waals surface area contributed by atoms with Crippen LogP contribution in [0.25, 0.3) is 17.1 Å². The molecule has 0 radical (unpaired) electrons. The largest absolute Gasteiger partial charge is 0.269 e. The maximum atomic E-state index is 12.8. The minimum atomic E-state index is -3.67. The Balaban J connectivity index is 2.29. The Morgan fingerprint density at radius 2 is 1.90 bits per heavy atom. The van der Waals surface area contributed by atoms with Gasteiger partial charge in [0.2, 0.25) is 0 Å². The molecule has 3 rings (SSSR count). The predicted molar refractivity (Wildman–Crippen MR) is 83.6 cm³/mol. The summed E-state index contributed by atoms with van der Waals surface area (Å²) in [6.45, 7) is 5.64. The van der Waals surface area contributed by atoms with Crippen LogP contribution in [0.5, 0.6) is 0 Å². The third kappa shape index (κ3) is 2.15. The molecule has 0 saturated carbocycles. The third-order valence-corrected chi connectivity index (χ3v) is 5.02. The van der Waals surface area contributed by atoms with Crippen molar-refractivity contribution < 1.29 is 8.42 Å². The van der Waals surface area contributed by atoms with Gasteiger partial charge >= 0.3 is 0 Å². The molecule has 0 aliphatic carbocycles. The van der Waals surface area contributed by atoms with Crippen LogP contribution in [0.4, 0.5) is 0 Å². The fraction of sp³-hybridized carbons (Fsp3) is 0.0625. The van der Waals surface area contributed by atoms with Gasteiger partial charge < -0.3 is 0 Å². The van der Waals surface area contributed by atoms with E-state index < -0.39 is 10.0 Å². The van der Waals surface area contributed by atoms with Gasteiger partial charge in [0.05, 0.1) is 4.90 Å². The first-order valence-electron chi connectivity index (χ1n) is 6.45. The lowest BCUT2D eigenvalue weighted by atomic mass is 10.2. The Morgan fingerprint density at radius 3 is 2.57 bits per heavy atom. The number of aryl methyl sites for hydroxylation is 1. The molecule has 0 saturated heterocycles. The summed E-state index contributed by atoms with van der Waals surface area (Å²) in [7, 11) is -3.67. The number of hydrogen-bond donors (Lipinski definition) is 0. The van der Waals surface area contributed by atoms with Gasteiger partial charge in [0.25, 0.3) is 10.0 Å². The second kappa shape index (κ2) is 4.86. The molecule has 0 spiro atoms. The lowest BCUT2D eigenvalue weighted by Gasteiger charge is -2.07. The number of aromatic nitrogens is 2. The van der Waals surface area contributed by atoms with Crippen LogP contribution in [0.3, 0.4) is 0 Å². The van der Waals surface area contributed by atoms with E-state index in [0.29, 0.717) is 5.65 Å². The van der Waals surface area contributed by atoms with Crippen LogP contribution in [-0.4, -0.2) is 17.4 Å². The minimum absolute atomic E-state index is 0.242. The number of rotatable bonds is 3. The number of fused-ring (bicyclic) bond motifs is 1. The summed E-state index contributed by atoms with van der Waals surface area (Å²) >= 11 is 0. The molecule has 1 aromatic carbocycles. The van der Waals surface area contributed by atoms with E-state index in [2.05, 4.69) is 11.6 Å². The van der Waals surface area contributed by atoms with Gasteiger partial charge in [0.15, 0.2) is 5.65 Å². The van der Waals surface area contributed by atoms with Gasteiger partial charge in [-0.1, -0.05) is 30.4 Å². The average molecular weight is 298 g/mol. The number of benzene rings is 1. The first-order chi connectivity index (χ1) is 10.0. The number of hydrogen-bond acceptors (Lipinski definition) is 3. The molecular formula is C16H14N2O2S. The second-order valence-corrected chi connectivity index (χ2v) is 6.59. The van der Waals surface area contributed by atoms with Crippen LogP contribution in [0.2, 0.25) is 0 Å². The van der Waals surface area contributed by atoms with Crippen LogP contribution in [-0.2, 0) is 10.0 Å². The highest BCUT2D eigenvalue weighted by molar-refractivity contribution is 7.90. The Kier molecular flexibility index (Phi) is 3.14. The van der Waals surface area contributed by atoms with Crippen molar-refractivity contribution in [3.8, 4) is 0 Å². The predicted octanol–water partition coefficient (Wildman–Crippen LogP) is 3.22. The molecule has 0 aliphatic rings. The molecule has 0 bridgehead atoms. The minimum Gasteiger partial charge on any atom is -0.237 e. The van der Waals surface area contributed by atoms with Crippen molar-refractivity contribution in [2.75, 3.05) is 0 Å². The molecular weight excluding hydrogens is 284 g/mol. The molecule has 2 heterocycles. The second-order valence-electron chi connectivity index (χ2n) is 4.78. The van der Waals surface area contributed by atoms with E-state index in [9.17, 15) is 8.42 Å². The molecule has 3 aromatic rings. The van der Waals surface area contributed by atoms with E-state index in [4.69, 9.17) is 0 Å². The molecule has 0 aliphatic heterocycles. The fourth-order valence-electron chi connectivity index (χ4n) is 2.22. The lowest BCUT2D eigenvalue weighted by Crippen LogP contribution is -2.12. The number of pyridine rings is 1. The van der Waals surface area contributed by atoms with Crippen molar-refractivity contribution in [1.82, 2.24) is 8.96 Å². The molecule has 0 amide bonds. The zero-order chi connectivity index (χ0) is 15.0. The molecule has 0 unspecified atom stereocenters. The molecule has 4 nitrogen and oxygen atoms in total. The van der Waals surface area contributed by atoms with Crippen LogP contribution < -0.4 is 0 Å². The van der Waals surface area contributed by atoms with E-state index in [1.807, 2.05) is 13.0 Å². The molecule has 2 aromatic heterocycles. The van der Waals surface area contributed by atoms with Gasteiger partial charge in [0.1, 0.15) is 0 Å². The van der Waals surface area contributed by atoms with Gasteiger partial charge in [-0.2, -0.15) is 0 Å². The molecule has 21 heavy (non-hydrogen) atoms. The van der Waals surface area contributed by atoms with E-state index in [1.54, 1.807) is 48.8 Å². The van der Waals surface area contributed by atoms with Gasteiger partial charge in [-0.25, -0.2) is 17.4 Å². The van der Waals surface area contributed by atoms with Crippen molar-refractivity contribution >= 4 is 27.1 Å². The summed E-state index contributed by atoms with van der Waals surface area (Å²) in [5, 5.41) is 0.767. The smallest absolute Gasteiger partial charge is 0.237 e. The maximum Gasteiger partial charge on any atom is 0.269 e. The molecule has 106 valence electrons. The van der Waals surface area contributed by atoms with E-state index in [0.717, 1.165) is 16.5 Å². The van der Waals surface area contributed by atoms with Gasteiger partial charge in [0, 0.05) is 23.3 Å². The summed E-state index contributed by atoms with van der Waals surface area (Å²) in [4.78, 5) is 4.44. The highest BCUT2D eigenvalue weighted by atomic mass is 32.2. The van der Waals surface area contributed by atoms with Crippen molar-refractivity contribution in [3.05, 3.63) is 66.5 Å². The van der Waals surface area contributed by atoms with Gasteiger partial charge in [-0.15, -0.1) is 0 Å². The Hall–Kier alpha value is -2.40. The molecule has 0 fully saturated rings. The first-order valence-corrected chi connectivity index (χ1v) is 7.89. The normalized spacial score (nSPS) is 11.7. The van der Waals surface area contributed by atoms with Crippen molar-refractivity contribution in [1.29, 1.82) is 0 Å². The van der Waals surface area contributed by atoms with E-state index >= 15 is 0 Å². The molecule has 5 heteroatoms. The third-order valence-electron chi connectivity index (χ3n) is 3.36. The molecule has 0 atom stereocenters. The quantitative estimate of drug-likeness (QED) is 0.746. The first kappa shape index (κ1) is 13.6. The van der Waals surface area contributed by atoms with Crippen molar-refractivity contribution in [2.45, 2.75) is 11.8 Å². The van der Waals surface area contributed by atoms with E-state index in [1.165, 1.54) is 3.97 Å². The standard InChI is InChI=1S/C16H14N2O2S/c1-3-13-11-18(16-15(13)5-4-10-17-16)21(19,20)14-8-6-12(2)7-9-14/h3-11H,1H2,2H3. The zero-order valence-corrected chi connectivity index (χ0v) is 12.3. The maximum absolute atomic E-state index is 12.8. The van der Waals surface area contributed by atoms with Crippen LogP contribution in [0, 0.1) is 6.92 Å². The fourth-order valence-corrected chi connectivity index (χ4v) is 3.56. The lowest BCUT2D eigenvalue weighted by molar-refractivity contribution is 0.588. The van der Waals surface area contributed by atoms with Gasteiger partial charge in [-0.3, -0.25) is 0 Å². The Bertz CT molecular complexity index is 923. The van der Waals surface area contributed by atoms with Crippen LogP contribution >= 0.6 is 0 Å². The van der Waals surface area contributed by atoms with Crippen molar-refractivity contribution in [3.63, 3.8) is 0 Å². The SMILES string of the molecule is C=Cc1cn(S(=O)(=O)c2ccc(C)cc2)c2ncccc12. The zero-order valence-electron chi connectivity index (χ0n) is 11.5. The highest BCUT2D eigenvalue weighted by Crippen LogP contribution is 2.25. The summed E-state index contributed by atoms with van der Waals surface area (Å²) in [6.07, 6.45) is 4.77. The van der Waals surface area contributed by atoms with Crippen LogP contribution in [0.1, 0.15) is 11.1 Å². The summed E-state index contributed by atoms with van der Waals surface area (Å²) in [6, 6.07) is 10.4. The van der Waals surface area contributed by atoms with Crippen molar-refractivity contribution in [2.24, 2.45) is 0 Å². The highest BCUT2D eigenvalue weighted by Gasteiger charge is 2.21.